The lowest BCUT2D eigenvalue weighted by molar-refractivity contribution is 0.0798. The minimum atomic E-state index is -0.164. The third-order valence-electron chi connectivity index (χ3n) is 4.14. The number of nitrogens with one attached hydrogen (secondary N) is 2. The van der Waals surface area contributed by atoms with Gasteiger partial charge in [0.05, 0.1) is 0 Å². The van der Waals surface area contributed by atoms with Crippen LogP contribution in [0.25, 0.3) is 0 Å². The van der Waals surface area contributed by atoms with Gasteiger partial charge in [0.15, 0.2) is 5.82 Å². The number of hydrogen-bond donors (Lipinski definition) is 2. The highest BCUT2D eigenvalue weighted by Crippen LogP contribution is 2.32. The molecule has 1 aliphatic heterocycles. The molecule has 1 saturated heterocycles. The minimum absolute atomic E-state index is 0.0685. The van der Waals surface area contributed by atoms with Crippen LogP contribution in [0.1, 0.15) is 47.0 Å². The highest BCUT2D eigenvalue weighted by Gasteiger charge is 2.32. The number of ether oxygens (including phenoxy) is 1. The van der Waals surface area contributed by atoms with Crippen LogP contribution in [0.3, 0.4) is 0 Å². The third kappa shape index (κ3) is 3.39. The van der Waals surface area contributed by atoms with E-state index in [-0.39, 0.29) is 17.9 Å². The Hall–Kier alpha value is -2.28. The first-order valence-corrected chi connectivity index (χ1v) is 7.90. The minimum Gasteiger partial charge on any atom is -0.370 e. The number of aromatic nitrogens is 4. The summed E-state index contributed by atoms with van der Waals surface area (Å²) in [6, 6.07) is 1.76. The van der Waals surface area contributed by atoms with Crippen molar-refractivity contribution >= 4 is 5.91 Å². The number of H-pyrrole nitrogens is 1. The summed E-state index contributed by atoms with van der Waals surface area (Å²) in [5, 5.41) is 10.0. The molecule has 2 N–H and O–H groups in total. The zero-order chi connectivity index (χ0) is 16.2. The number of carbonyl (C=O) groups excluding carboxylic acids is 1. The van der Waals surface area contributed by atoms with Crippen molar-refractivity contribution in [1.29, 1.82) is 0 Å². The van der Waals surface area contributed by atoms with Gasteiger partial charge in [-0.05, 0) is 31.4 Å². The Labute approximate surface area is 134 Å². The first-order valence-electron chi connectivity index (χ1n) is 7.90. The predicted molar refractivity (Wildman–Crippen MR) is 83.9 cm³/mol. The molecule has 3 rings (SSSR count). The molecular formula is C16H21N5O2. The summed E-state index contributed by atoms with van der Waals surface area (Å²) in [5.74, 6) is 1.54. The van der Waals surface area contributed by atoms with E-state index in [4.69, 9.17) is 4.74 Å². The fourth-order valence-corrected chi connectivity index (χ4v) is 2.86. The molecule has 0 aromatic carbocycles. The van der Waals surface area contributed by atoms with E-state index in [0.717, 1.165) is 24.2 Å². The van der Waals surface area contributed by atoms with Gasteiger partial charge < -0.3 is 10.1 Å². The maximum Gasteiger partial charge on any atom is 0.251 e. The number of rotatable bonds is 5. The van der Waals surface area contributed by atoms with Gasteiger partial charge in [-0.3, -0.25) is 14.9 Å². The van der Waals surface area contributed by atoms with Crippen molar-refractivity contribution < 1.29 is 9.53 Å². The standard InChI is InChI=1S/C16H21N5O2/c1-3-11-8-17-6-4-13(11)16(22)18-9-12-5-7-23-14(12)15-19-10(2)20-21-15/h4,6,8,12,14H,3,5,7,9H2,1-2H3,(H,18,22)(H,19,20,21)/t12-,14-/m0/s1. The Bertz CT molecular complexity index is 685. The Morgan fingerprint density at radius 1 is 1.52 bits per heavy atom. The van der Waals surface area contributed by atoms with Crippen molar-refractivity contribution in [2.75, 3.05) is 13.2 Å². The quantitative estimate of drug-likeness (QED) is 0.874. The van der Waals surface area contributed by atoms with Crippen LogP contribution in [0.4, 0.5) is 0 Å². The van der Waals surface area contributed by atoms with E-state index in [1.165, 1.54) is 0 Å². The monoisotopic (exact) mass is 315 g/mol. The molecule has 2 atom stereocenters. The molecule has 1 fully saturated rings. The molecule has 1 aliphatic rings. The van der Waals surface area contributed by atoms with Gasteiger partial charge in [-0.15, -0.1) is 0 Å². The maximum absolute atomic E-state index is 12.4. The highest BCUT2D eigenvalue weighted by molar-refractivity contribution is 5.95. The highest BCUT2D eigenvalue weighted by atomic mass is 16.5. The van der Waals surface area contributed by atoms with Gasteiger partial charge in [-0.1, -0.05) is 6.92 Å². The third-order valence-corrected chi connectivity index (χ3v) is 4.14. The number of hydrogen-bond acceptors (Lipinski definition) is 5. The second kappa shape index (κ2) is 6.87. The molecule has 0 spiro atoms. The summed E-state index contributed by atoms with van der Waals surface area (Å²) in [7, 11) is 0. The van der Waals surface area contributed by atoms with Gasteiger partial charge in [-0.2, -0.15) is 5.10 Å². The van der Waals surface area contributed by atoms with E-state index < -0.39 is 0 Å². The van der Waals surface area contributed by atoms with Crippen molar-refractivity contribution in [2.45, 2.75) is 32.8 Å². The van der Waals surface area contributed by atoms with E-state index in [1.54, 1.807) is 18.5 Å². The molecule has 0 radical (unpaired) electrons. The summed E-state index contributed by atoms with van der Waals surface area (Å²) >= 11 is 0. The molecule has 2 aromatic heterocycles. The molecule has 0 aliphatic carbocycles. The van der Waals surface area contributed by atoms with E-state index in [0.29, 0.717) is 24.5 Å². The molecule has 1 amide bonds. The van der Waals surface area contributed by atoms with E-state index in [9.17, 15) is 4.79 Å². The SMILES string of the molecule is CCc1cnccc1C(=O)NC[C@@H]1CCO[C@@H]1c1n[nH]c(C)n1. The summed E-state index contributed by atoms with van der Waals surface area (Å²) in [6.07, 6.45) is 4.89. The van der Waals surface area contributed by atoms with Crippen LogP contribution in [0.15, 0.2) is 18.5 Å². The molecule has 0 saturated carbocycles. The Balaban J connectivity index is 1.64. The second-order valence-corrected chi connectivity index (χ2v) is 5.72. The second-order valence-electron chi connectivity index (χ2n) is 5.72. The number of nitrogens with zero attached hydrogens (tertiary/aromatic N) is 3. The van der Waals surface area contributed by atoms with Crippen LogP contribution >= 0.6 is 0 Å². The van der Waals surface area contributed by atoms with Gasteiger partial charge in [-0.25, -0.2) is 4.98 Å². The van der Waals surface area contributed by atoms with Crippen LogP contribution in [-0.4, -0.2) is 39.2 Å². The fourth-order valence-electron chi connectivity index (χ4n) is 2.86. The molecule has 7 heteroatoms. The van der Waals surface area contributed by atoms with Crippen LogP contribution in [-0.2, 0) is 11.2 Å². The van der Waals surface area contributed by atoms with Crippen LogP contribution < -0.4 is 5.32 Å². The van der Waals surface area contributed by atoms with Crippen molar-refractivity contribution in [3.63, 3.8) is 0 Å². The van der Waals surface area contributed by atoms with Gasteiger partial charge in [0.1, 0.15) is 11.9 Å². The smallest absolute Gasteiger partial charge is 0.251 e. The number of pyridine rings is 1. The number of carbonyl (C=O) groups is 1. The zero-order valence-corrected chi connectivity index (χ0v) is 13.4. The molecule has 122 valence electrons. The van der Waals surface area contributed by atoms with Crippen molar-refractivity contribution in [2.24, 2.45) is 5.92 Å². The summed E-state index contributed by atoms with van der Waals surface area (Å²) in [5.41, 5.74) is 1.64. The number of amides is 1. The Morgan fingerprint density at radius 2 is 2.39 bits per heavy atom. The molecule has 0 bridgehead atoms. The fraction of sp³-hybridized carbons (Fsp3) is 0.500. The van der Waals surface area contributed by atoms with Crippen molar-refractivity contribution in [3.8, 4) is 0 Å². The lowest BCUT2D eigenvalue weighted by Crippen LogP contribution is -2.31. The van der Waals surface area contributed by atoms with E-state index >= 15 is 0 Å². The zero-order valence-electron chi connectivity index (χ0n) is 13.4. The molecule has 3 heterocycles. The molecule has 0 unspecified atom stereocenters. The van der Waals surface area contributed by atoms with Gasteiger partial charge >= 0.3 is 0 Å². The Kier molecular flexibility index (Phi) is 4.66. The number of aromatic amines is 1. The van der Waals surface area contributed by atoms with Crippen LogP contribution in [0, 0.1) is 12.8 Å². The lowest BCUT2D eigenvalue weighted by Gasteiger charge is -2.17. The largest absolute Gasteiger partial charge is 0.370 e. The average molecular weight is 315 g/mol. The topological polar surface area (TPSA) is 92.8 Å². The first-order chi connectivity index (χ1) is 11.2. The molecule has 2 aromatic rings. The molecule has 7 nitrogen and oxygen atoms in total. The normalized spacial score (nSPS) is 20.6. The first kappa shape index (κ1) is 15.6. The van der Waals surface area contributed by atoms with E-state index in [1.807, 2.05) is 13.8 Å². The maximum atomic E-state index is 12.4. The predicted octanol–water partition coefficient (Wildman–Crippen LogP) is 1.58. The van der Waals surface area contributed by atoms with Crippen molar-refractivity contribution in [1.82, 2.24) is 25.5 Å². The molecular weight excluding hydrogens is 294 g/mol. The van der Waals surface area contributed by atoms with Crippen molar-refractivity contribution in [3.05, 3.63) is 41.2 Å². The lowest BCUT2D eigenvalue weighted by atomic mass is 10.0. The number of aryl methyl sites for hydroxylation is 2. The molecule has 23 heavy (non-hydrogen) atoms. The summed E-state index contributed by atoms with van der Waals surface area (Å²) < 4.78 is 5.74. The summed E-state index contributed by atoms with van der Waals surface area (Å²) in [4.78, 5) is 20.8. The average Bonchev–Trinajstić information content (AvgIpc) is 3.20. The van der Waals surface area contributed by atoms with Gasteiger partial charge in [0.25, 0.3) is 5.91 Å². The Morgan fingerprint density at radius 3 is 3.13 bits per heavy atom. The van der Waals surface area contributed by atoms with E-state index in [2.05, 4.69) is 25.5 Å². The van der Waals surface area contributed by atoms with Gasteiger partial charge in [0.2, 0.25) is 0 Å². The summed E-state index contributed by atoms with van der Waals surface area (Å²) in [6.45, 7) is 5.08. The van der Waals surface area contributed by atoms with Crippen LogP contribution in [0.2, 0.25) is 0 Å². The van der Waals surface area contributed by atoms with Gasteiger partial charge in [0, 0.05) is 37.0 Å². The van der Waals surface area contributed by atoms with Crippen LogP contribution in [0.5, 0.6) is 0 Å².